The number of aromatic nitrogens is 1. The zero-order valence-corrected chi connectivity index (χ0v) is 15.4. The second-order valence-corrected chi connectivity index (χ2v) is 5.98. The summed E-state index contributed by atoms with van der Waals surface area (Å²) >= 11 is 0. The van der Waals surface area contributed by atoms with E-state index in [1.54, 1.807) is 31.5 Å². The molecule has 0 aliphatic carbocycles. The molecule has 1 aliphatic heterocycles. The molecular weight excluding hydrogens is 332 g/mol. The fraction of sp³-hybridized carbons (Fsp3) is 0.300. The number of methoxy groups -OCH3 is 1. The van der Waals surface area contributed by atoms with Crippen LogP contribution >= 0.6 is 0 Å². The second kappa shape index (κ2) is 7.47. The molecule has 0 atom stereocenters. The minimum absolute atomic E-state index is 0.387. The molecule has 6 heteroatoms. The Labute approximate surface area is 152 Å². The summed E-state index contributed by atoms with van der Waals surface area (Å²) in [6, 6.07) is 7.07. The van der Waals surface area contributed by atoms with Crippen LogP contribution in [0.15, 0.2) is 41.7 Å². The van der Waals surface area contributed by atoms with E-state index in [1.165, 1.54) is 0 Å². The Bertz CT molecular complexity index is 874. The topological polar surface area (TPSA) is 69.7 Å². The van der Waals surface area contributed by atoms with Crippen LogP contribution in [0.1, 0.15) is 25.0 Å². The minimum atomic E-state index is -0.422. The Morgan fingerprint density at radius 1 is 1.23 bits per heavy atom. The average Bonchev–Trinajstić information content (AvgIpc) is 2.64. The number of hydrogen-bond acceptors (Lipinski definition) is 6. The largest absolute Gasteiger partial charge is 0.493 e. The first-order valence-electron chi connectivity index (χ1n) is 8.48. The van der Waals surface area contributed by atoms with Crippen molar-refractivity contribution in [1.82, 2.24) is 4.98 Å². The first-order chi connectivity index (χ1) is 12.5. The highest BCUT2D eigenvalue weighted by Gasteiger charge is 2.27. The molecule has 1 aromatic carbocycles. The van der Waals surface area contributed by atoms with Gasteiger partial charge in [0.2, 0.25) is 5.88 Å². The number of carbonyl (C=O) groups is 1. The van der Waals surface area contributed by atoms with Gasteiger partial charge in [-0.15, -0.1) is 0 Å². The maximum absolute atomic E-state index is 12.8. The highest BCUT2D eigenvalue weighted by Crippen LogP contribution is 2.36. The van der Waals surface area contributed by atoms with Crippen LogP contribution in [0.4, 0.5) is 5.69 Å². The van der Waals surface area contributed by atoms with Gasteiger partial charge in [-0.1, -0.05) is 12.1 Å². The van der Waals surface area contributed by atoms with Crippen LogP contribution in [0.2, 0.25) is 0 Å². The van der Waals surface area contributed by atoms with Crippen LogP contribution in [0, 0.1) is 6.92 Å². The first-order valence-corrected chi connectivity index (χ1v) is 8.48. The number of hydrogen-bond donors (Lipinski definition) is 1. The number of pyridine rings is 1. The molecule has 1 aromatic heterocycles. The predicted molar refractivity (Wildman–Crippen MR) is 98.8 cm³/mol. The number of rotatable bonds is 5. The van der Waals surface area contributed by atoms with Gasteiger partial charge in [-0.25, -0.2) is 9.78 Å². The predicted octanol–water partition coefficient (Wildman–Crippen LogP) is 3.64. The number of aryl methyl sites for hydroxylation is 1. The molecule has 1 N–H and O–H groups in total. The Morgan fingerprint density at radius 2 is 1.96 bits per heavy atom. The minimum Gasteiger partial charge on any atom is -0.493 e. The lowest BCUT2D eigenvalue weighted by molar-refractivity contribution is -0.130. The number of benzene rings is 1. The molecule has 0 saturated carbocycles. The molecule has 2 heterocycles. The van der Waals surface area contributed by atoms with Crippen LogP contribution < -0.4 is 19.5 Å². The van der Waals surface area contributed by atoms with Crippen molar-refractivity contribution in [2.75, 3.05) is 19.0 Å². The van der Waals surface area contributed by atoms with E-state index in [0.717, 1.165) is 22.5 Å². The van der Waals surface area contributed by atoms with E-state index in [1.807, 2.05) is 26.8 Å². The summed E-state index contributed by atoms with van der Waals surface area (Å²) in [6.45, 7) is 6.25. The molecule has 0 bridgehead atoms. The quantitative estimate of drug-likeness (QED) is 0.653. The average molecular weight is 354 g/mol. The fourth-order valence-corrected chi connectivity index (χ4v) is 2.90. The monoisotopic (exact) mass is 354 g/mol. The van der Waals surface area contributed by atoms with Crippen molar-refractivity contribution in [1.29, 1.82) is 0 Å². The fourth-order valence-electron chi connectivity index (χ4n) is 2.90. The summed E-state index contributed by atoms with van der Waals surface area (Å²) in [5.41, 5.74) is 4.10. The molecule has 0 amide bonds. The zero-order chi connectivity index (χ0) is 18.7. The summed E-state index contributed by atoms with van der Waals surface area (Å²) in [5.74, 6) is 1.01. The van der Waals surface area contributed by atoms with Gasteiger partial charge in [0.25, 0.3) is 0 Å². The van der Waals surface area contributed by atoms with Crippen molar-refractivity contribution in [3.63, 3.8) is 0 Å². The summed E-state index contributed by atoms with van der Waals surface area (Å²) in [4.78, 5) is 17.1. The molecule has 0 saturated heterocycles. The van der Waals surface area contributed by atoms with Crippen molar-refractivity contribution in [3.05, 3.63) is 52.9 Å². The standard InChI is InChI=1S/C20H22N2O4/c1-5-25-19-15-10-14(13(3)22-18(15)12(2)11-21-19)20(23)26-17-9-7-6-8-16(17)24-4/h6-9,11,22H,5,10H2,1-4H3. The van der Waals surface area contributed by atoms with Crippen molar-refractivity contribution < 1.29 is 19.0 Å². The van der Waals surface area contributed by atoms with Crippen molar-refractivity contribution >= 4 is 11.7 Å². The summed E-state index contributed by atoms with van der Waals surface area (Å²) < 4.78 is 16.4. The smallest absolute Gasteiger partial charge is 0.341 e. The maximum Gasteiger partial charge on any atom is 0.341 e. The Hall–Kier alpha value is -3.02. The maximum atomic E-state index is 12.8. The number of anilines is 1. The van der Waals surface area contributed by atoms with Gasteiger partial charge in [0.05, 0.1) is 25.0 Å². The zero-order valence-electron chi connectivity index (χ0n) is 15.4. The van der Waals surface area contributed by atoms with E-state index in [0.29, 0.717) is 36.0 Å². The molecule has 3 rings (SSSR count). The molecule has 0 fully saturated rings. The number of ether oxygens (including phenoxy) is 3. The van der Waals surface area contributed by atoms with E-state index in [-0.39, 0.29) is 0 Å². The van der Waals surface area contributed by atoms with Crippen molar-refractivity contribution in [2.24, 2.45) is 0 Å². The molecule has 0 unspecified atom stereocenters. The lowest BCUT2D eigenvalue weighted by Crippen LogP contribution is -2.22. The Balaban J connectivity index is 1.90. The van der Waals surface area contributed by atoms with Crippen LogP contribution in [-0.4, -0.2) is 24.7 Å². The second-order valence-electron chi connectivity index (χ2n) is 5.98. The van der Waals surface area contributed by atoms with Gasteiger partial charge in [-0.2, -0.15) is 0 Å². The van der Waals surface area contributed by atoms with Gasteiger partial charge in [0, 0.05) is 23.9 Å². The normalized spacial score (nSPS) is 12.9. The van der Waals surface area contributed by atoms with Crippen LogP contribution in [0.25, 0.3) is 0 Å². The molecule has 6 nitrogen and oxygen atoms in total. The number of allylic oxidation sites excluding steroid dienone is 1. The van der Waals surface area contributed by atoms with E-state index in [2.05, 4.69) is 10.3 Å². The lowest BCUT2D eigenvalue weighted by Gasteiger charge is -2.25. The van der Waals surface area contributed by atoms with Gasteiger partial charge in [-0.05, 0) is 38.5 Å². The number of carbonyl (C=O) groups excluding carboxylic acids is 1. The van der Waals surface area contributed by atoms with Crippen LogP contribution in [-0.2, 0) is 11.2 Å². The Morgan fingerprint density at radius 3 is 2.65 bits per heavy atom. The molecule has 136 valence electrons. The molecule has 1 aliphatic rings. The molecule has 0 radical (unpaired) electrons. The van der Waals surface area contributed by atoms with Crippen molar-refractivity contribution in [3.8, 4) is 17.4 Å². The summed E-state index contributed by atoms with van der Waals surface area (Å²) in [7, 11) is 1.54. The van der Waals surface area contributed by atoms with Crippen molar-refractivity contribution in [2.45, 2.75) is 27.2 Å². The summed E-state index contributed by atoms with van der Waals surface area (Å²) in [6.07, 6.45) is 2.16. The van der Waals surface area contributed by atoms with E-state index >= 15 is 0 Å². The van der Waals surface area contributed by atoms with E-state index < -0.39 is 5.97 Å². The van der Waals surface area contributed by atoms with E-state index in [4.69, 9.17) is 14.2 Å². The molecular formula is C20H22N2O4. The third kappa shape index (κ3) is 3.35. The highest BCUT2D eigenvalue weighted by molar-refractivity contribution is 5.94. The number of nitrogens with one attached hydrogen (secondary N) is 1. The summed E-state index contributed by atoms with van der Waals surface area (Å²) in [5, 5.41) is 3.30. The lowest BCUT2D eigenvalue weighted by atomic mass is 9.97. The van der Waals surface area contributed by atoms with Crippen LogP contribution in [0.3, 0.4) is 0 Å². The molecule has 0 spiro atoms. The van der Waals surface area contributed by atoms with Gasteiger partial charge < -0.3 is 19.5 Å². The van der Waals surface area contributed by atoms with Crippen LogP contribution in [0.5, 0.6) is 17.4 Å². The number of fused-ring (bicyclic) bond motifs is 1. The van der Waals surface area contributed by atoms with Gasteiger partial charge >= 0.3 is 5.97 Å². The van der Waals surface area contributed by atoms with Gasteiger partial charge in [0.1, 0.15) is 0 Å². The third-order valence-corrected chi connectivity index (χ3v) is 4.25. The number of esters is 1. The first kappa shape index (κ1) is 17.8. The van der Waals surface area contributed by atoms with Gasteiger partial charge in [-0.3, -0.25) is 0 Å². The highest BCUT2D eigenvalue weighted by atomic mass is 16.6. The number of nitrogens with zero attached hydrogens (tertiary/aromatic N) is 1. The Kier molecular flexibility index (Phi) is 5.11. The number of para-hydroxylation sites is 2. The molecule has 26 heavy (non-hydrogen) atoms. The van der Waals surface area contributed by atoms with Gasteiger partial charge in [0.15, 0.2) is 11.5 Å². The third-order valence-electron chi connectivity index (χ3n) is 4.25. The SMILES string of the molecule is CCOc1ncc(C)c2c1CC(C(=O)Oc1ccccc1OC)=C(C)N2. The molecule has 2 aromatic rings. The van der Waals surface area contributed by atoms with E-state index in [9.17, 15) is 4.79 Å².